The quantitative estimate of drug-likeness (QED) is 0.406. The van der Waals surface area contributed by atoms with Gasteiger partial charge in [-0.2, -0.15) is 0 Å². The van der Waals surface area contributed by atoms with Gasteiger partial charge in [0.15, 0.2) is 0 Å². The van der Waals surface area contributed by atoms with Crippen LogP contribution in [0.2, 0.25) is 0 Å². The molecule has 0 aromatic heterocycles. The molecule has 9 heavy (non-hydrogen) atoms. The Hall–Kier alpha value is 4.10. The Labute approximate surface area is 87.5 Å². The van der Waals surface area contributed by atoms with Gasteiger partial charge in [-0.05, 0) is 0 Å². The van der Waals surface area contributed by atoms with E-state index in [0.717, 1.165) is 15.9 Å². The molecule has 0 fully saturated rings. The Morgan fingerprint density at radius 3 is 1.11 bits per heavy atom. The number of hydrogen-bond acceptors (Lipinski definition) is 0. The molecule has 0 aromatic carbocycles. The molecule has 0 aromatic rings. The van der Waals surface area contributed by atoms with Gasteiger partial charge in [-0.15, -0.1) is 35.7 Å². The summed E-state index contributed by atoms with van der Waals surface area (Å²) in [6.07, 6.45) is 0. The summed E-state index contributed by atoms with van der Waals surface area (Å²) in [6, 6.07) is 0. The molecule has 0 aliphatic rings. The molecule has 0 saturated heterocycles. The monoisotopic (exact) mass is 366 g/mol. The maximum atomic E-state index is 2.77. The van der Waals surface area contributed by atoms with Crippen molar-refractivity contribution in [2.75, 3.05) is 0 Å². The maximum Gasteiger partial charge on any atom is 0 e. The van der Waals surface area contributed by atoms with Gasteiger partial charge in [-0.1, -0.05) is 31.8 Å². The zero-order valence-corrected chi connectivity index (χ0v) is 14.8. The maximum absolute atomic E-state index is 2.77. The smallest absolute Gasteiger partial charge is 0 e. The Balaban J connectivity index is -0.000000109. The molecule has 0 aliphatic heterocycles. The Kier molecular flexibility index (Phi) is 47.5. The summed E-state index contributed by atoms with van der Waals surface area (Å²) in [5, 5.41) is 0. The van der Waals surface area contributed by atoms with Crippen molar-refractivity contribution >= 4 is 67.5 Å². The predicted octanol–water partition coefficient (Wildman–Crippen LogP) is 3.67. The SMILES string of the molecule is PP.PPPPPP.[Pd]. The second-order valence-corrected chi connectivity index (χ2v) is 14.5. The fourth-order valence-electron chi connectivity index (χ4n) is 0.0722. The molecule has 0 bridgehead atoms. The van der Waals surface area contributed by atoms with E-state index in [1.54, 1.807) is 0 Å². The molecule has 0 radical (unpaired) electrons. The first-order valence-electron chi connectivity index (χ1n) is 1.66. The topological polar surface area (TPSA) is 0 Å². The van der Waals surface area contributed by atoms with E-state index < -0.39 is 0 Å². The first kappa shape index (κ1) is 18.8. The van der Waals surface area contributed by atoms with E-state index >= 15 is 0 Å². The summed E-state index contributed by atoms with van der Waals surface area (Å²) in [5.74, 6) is 0. The molecule has 0 saturated carbocycles. The van der Waals surface area contributed by atoms with Crippen LogP contribution in [0.3, 0.4) is 0 Å². The van der Waals surface area contributed by atoms with Crippen molar-refractivity contribution in [2.24, 2.45) is 0 Å². The molecule has 0 N–H and O–H groups in total. The summed E-state index contributed by atoms with van der Waals surface area (Å²) < 4.78 is 0. The molecule has 8 unspecified atom stereocenters. The van der Waals surface area contributed by atoms with Crippen molar-refractivity contribution in [3.8, 4) is 0 Å². The van der Waals surface area contributed by atoms with E-state index in [1.165, 1.54) is 15.9 Å². The summed E-state index contributed by atoms with van der Waals surface area (Å²) in [4.78, 5) is 0. The normalized spacial score (nSPS) is 12.0. The molecule has 0 amide bonds. The molecule has 9 heteroatoms. The second-order valence-electron chi connectivity index (χ2n) is 0.539. The second kappa shape index (κ2) is 22.7. The minimum Gasteiger partial charge on any atom is -0.118 e. The first-order chi connectivity index (χ1) is 3.91. The van der Waals surface area contributed by atoms with E-state index in [4.69, 9.17) is 0 Å². The van der Waals surface area contributed by atoms with Crippen LogP contribution in [0.15, 0.2) is 0 Å². The number of hydrogen-bond donors (Lipinski definition) is 0. The van der Waals surface area contributed by atoms with E-state index in [-0.39, 0.29) is 20.4 Å². The standard InChI is InChI=1S/H8P6.H4P2.Pd/c1-3-5-6-4-2;1-2;/h3-6H,1-2H2;1-2H2;. The van der Waals surface area contributed by atoms with Gasteiger partial charge in [-0.25, -0.2) is 0 Å². The van der Waals surface area contributed by atoms with Crippen LogP contribution in [0, 0.1) is 0 Å². The zero-order chi connectivity index (χ0) is 6.83. The van der Waals surface area contributed by atoms with E-state index in [1.807, 2.05) is 0 Å². The molecular formula is H12P8Pd. The van der Waals surface area contributed by atoms with Crippen LogP contribution in [0.5, 0.6) is 0 Å². The molecule has 0 heterocycles. The Morgan fingerprint density at radius 2 is 1.00 bits per heavy atom. The van der Waals surface area contributed by atoms with Crippen molar-refractivity contribution < 1.29 is 20.4 Å². The van der Waals surface area contributed by atoms with Gasteiger partial charge in [0.05, 0.1) is 0 Å². The molecule has 0 nitrogen and oxygen atoms in total. The first-order valence-corrected chi connectivity index (χ1v) is 14.9. The summed E-state index contributed by atoms with van der Waals surface area (Å²) >= 11 is 0. The average Bonchev–Trinajstić information content (AvgIpc) is 1.88. The minimum absolute atomic E-state index is 0. The largest absolute Gasteiger partial charge is 0.118 e. The summed E-state index contributed by atoms with van der Waals surface area (Å²) in [7, 11) is 14.9. The fourth-order valence-corrected chi connectivity index (χ4v) is 17.5. The summed E-state index contributed by atoms with van der Waals surface area (Å²) in [6.45, 7) is 0. The van der Waals surface area contributed by atoms with Gasteiger partial charge in [0, 0.05) is 20.4 Å². The summed E-state index contributed by atoms with van der Waals surface area (Å²) in [5.41, 5.74) is 0. The van der Waals surface area contributed by atoms with Crippen LogP contribution in [0.25, 0.3) is 0 Å². The van der Waals surface area contributed by atoms with Gasteiger partial charge in [0.1, 0.15) is 0 Å². The molecule has 62 valence electrons. The predicted molar refractivity (Wildman–Crippen MR) is 72.1 cm³/mol. The van der Waals surface area contributed by atoms with E-state index in [9.17, 15) is 0 Å². The van der Waals surface area contributed by atoms with Crippen LogP contribution in [0.1, 0.15) is 0 Å². The van der Waals surface area contributed by atoms with Crippen LogP contribution in [0.4, 0.5) is 0 Å². The van der Waals surface area contributed by atoms with Crippen molar-refractivity contribution in [2.45, 2.75) is 0 Å². The Bertz CT molecular complexity index is 16.5. The van der Waals surface area contributed by atoms with Crippen molar-refractivity contribution in [3.63, 3.8) is 0 Å². The zero-order valence-electron chi connectivity index (χ0n) is 4.63. The third kappa shape index (κ3) is 24.5. The van der Waals surface area contributed by atoms with E-state index in [0.29, 0.717) is 0 Å². The average molecular weight is 366 g/mol. The third-order valence-electron chi connectivity index (χ3n) is 0.207. The van der Waals surface area contributed by atoms with Crippen molar-refractivity contribution in [1.82, 2.24) is 0 Å². The van der Waals surface area contributed by atoms with Gasteiger partial charge < -0.3 is 0 Å². The Morgan fingerprint density at radius 1 is 0.778 bits per heavy atom. The van der Waals surface area contributed by atoms with Crippen LogP contribution in [-0.2, 0) is 20.4 Å². The third-order valence-corrected chi connectivity index (χ3v) is 16.8. The van der Waals surface area contributed by atoms with Crippen LogP contribution >= 0.6 is 67.5 Å². The van der Waals surface area contributed by atoms with Gasteiger partial charge in [0.25, 0.3) is 0 Å². The molecule has 0 rings (SSSR count). The van der Waals surface area contributed by atoms with Crippen LogP contribution < -0.4 is 0 Å². The van der Waals surface area contributed by atoms with E-state index in [2.05, 4.69) is 35.7 Å². The molecule has 0 spiro atoms. The van der Waals surface area contributed by atoms with Crippen molar-refractivity contribution in [1.29, 1.82) is 0 Å². The van der Waals surface area contributed by atoms with Crippen LogP contribution in [-0.4, -0.2) is 0 Å². The number of rotatable bonds is 3. The van der Waals surface area contributed by atoms with Gasteiger partial charge in [-0.3, -0.25) is 0 Å². The van der Waals surface area contributed by atoms with Gasteiger partial charge >= 0.3 is 0 Å². The molecular weight excluding hydrogens is 354 g/mol. The fraction of sp³-hybridized carbons (Fsp3) is 0. The molecule has 0 aliphatic carbocycles. The van der Waals surface area contributed by atoms with Crippen molar-refractivity contribution in [3.05, 3.63) is 0 Å². The van der Waals surface area contributed by atoms with Gasteiger partial charge in [0.2, 0.25) is 0 Å². The minimum atomic E-state index is 0. The molecule has 8 atom stereocenters.